The second-order valence-corrected chi connectivity index (χ2v) is 8.32. The van der Waals surface area contributed by atoms with Gasteiger partial charge in [0, 0.05) is 0 Å². The molecule has 164 valence electrons. The minimum atomic E-state index is -0.472. The fourth-order valence-corrected chi connectivity index (χ4v) is 3.13. The predicted octanol–water partition coefficient (Wildman–Crippen LogP) is 6.97. The van der Waals surface area contributed by atoms with Crippen LogP contribution in [0.5, 0.6) is 0 Å². The van der Waals surface area contributed by atoms with E-state index < -0.39 is 11.9 Å². The quantitative estimate of drug-likeness (QED) is 0.234. The van der Waals surface area contributed by atoms with E-state index in [1.165, 1.54) is 44.9 Å². The molecule has 1 atom stereocenters. The molecule has 0 aliphatic heterocycles. The number of rotatable bonds is 15. The molecule has 0 amide bonds. The number of benzene rings is 1. The second kappa shape index (κ2) is 15.1. The van der Waals surface area contributed by atoms with Crippen LogP contribution in [0.2, 0.25) is 0 Å². The van der Waals surface area contributed by atoms with Gasteiger partial charge in [-0.05, 0) is 37.8 Å². The van der Waals surface area contributed by atoms with Gasteiger partial charge in [-0.3, -0.25) is 0 Å². The standard InChI is InChI=1S/C25H40O4/c1-5-21(4)29-25(27)23-18-14-13-17-22(23)24(26)28-19-15-11-9-7-6-8-10-12-16-20(2)3/h13-14,17-18,20-21H,5-12,15-16,19H2,1-4H3. The molecule has 0 saturated carbocycles. The number of hydrogen-bond acceptors (Lipinski definition) is 4. The first-order valence-corrected chi connectivity index (χ1v) is 11.4. The smallest absolute Gasteiger partial charge is 0.339 e. The Balaban J connectivity index is 2.23. The van der Waals surface area contributed by atoms with Crippen molar-refractivity contribution >= 4 is 11.9 Å². The molecule has 4 nitrogen and oxygen atoms in total. The van der Waals surface area contributed by atoms with Gasteiger partial charge in [0.05, 0.1) is 23.8 Å². The van der Waals surface area contributed by atoms with E-state index >= 15 is 0 Å². The summed E-state index contributed by atoms with van der Waals surface area (Å²) < 4.78 is 10.7. The van der Waals surface area contributed by atoms with Crippen molar-refractivity contribution in [1.82, 2.24) is 0 Å². The van der Waals surface area contributed by atoms with Crippen LogP contribution in [0.3, 0.4) is 0 Å². The number of ether oxygens (including phenoxy) is 2. The van der Waals surface area contributed by atoms with E-state index in [-0.39, 0.29) is 17.2 Å². The number of unbranched alkanes of at least 4 members (excludes halogenated alkanes) is 7. The SMILES string of the molecule is CCC(C)OC(=O)c1ccccc1C(=O)OCCCCCCCCCCC(C)C. The summed E-state index contributed by atoms with van der Waals surface area (Å²) in [4.78, 5) is 24.7. The molecule has 0 N–H and O–H groups in total. The lowest BCUT2D eigenvalue weighted by Crippen LogP contribution is -2.18. The highest BCUT2D eigenvalue weighted by Crippen LogP contribution is 2.15. The maximum absolute atomic E-state index is 12.4. The molecular formula is C25H40O4. The molecule has 0 saturated heterocycles. The number of carbonyl (C=O) groups is 2. The van der Waals surface area contributed by atoms with Crippen molar-refractivity contribution in [3.63, 3.8) is 0 Å². The molecule has 0 aliphatic rings. The summed E-state index contributed by atoms with van der Waals surface area (Å²) in [5.41, 5.74) is 0.553. The van der Waals surface area contributed by atoms with Crippen molar-refractivity contribution in [3.05, 3.63) is 35.4 Å². The zero-order valence-corrected chi connectivity index (χ0v) is 18.9. The molecule has 1 unspecified atom stereocenters. The Kier molecular flexibility index (Phi) is 13.1. The van der Waals surface area contributed by atoms with Crippen LogP contribution >= 0.6 is 0 Å². The van der Waals surface area contributed by atoms with Crippen LogP contribution in [-0.4, -0.2) is 24.6 Å². The van der Waals surface area contributed by atoms with Crippen LogP contribution in [0.25, 0.3) is 0 Å². The Bertz CT molecular complexity index is 594. The normalized spacial score (nSPS) is 12.0. The zero-order valence-electron chi connectivity index (χ0n) is 18.9. The first-order valence-electron chi connectivity index (χ1n) is 11.4. The highest BCUT2D eigenvalue weighted by Gasteiger charge is 2.20. The minimum Gasteiger partial charge on any atom is -0.462 e. The van der Waals surface area contributed by atoms with Gasteiger partial charge in [0.25, 0.3) is 0 Å². The van der Waals surface area contributed by atoms with Gasteiger partial charge in [-0.15, -0.1) is 0 Å². The van der Waals surface area contributed by atoms with Gasteiger partial charge < -0.3 is 9.47 Å². The van der Waals surface area contributed by atoms with Gasteiger partial charge in [0.15, 0.2) is 0 Å². The Hall–Kier alpha value is -1.84. The summed E-state index contributed by atoms with van der Waals surface area (Å²) in [6.45, 7) is 8.74. The summed E-state index contributed by atoms with van der Waals surface area (Å²) >= 11 is 0. The molecular weight excluding hydrogens is 364 g/mol. The van der Waals surface area contributed by atoms with Crippen molar-refractivity contribution in [1.29, 1.82) is 0 Å². The average molecular weight is 405 g/mol. The molecule has 29 heavy (non-hydrogen) atoms. The van der Waals surface area contributed by atoms with Gasteiger partial charge in [-0.1, -0.05) is 84.3 Å². The highest BCUT2D eigenvalue weighted by atomic mass is 16.5. The van der Waals surface area contributed by atoms with Crippen LogP contribution in [0.1, 0.15) is 113 Å². The Labute approximate surface area is 177 Å². The maximum atomic E-state index is 12.4. The zero-order chi connectivity index (χ0) is 21.5. The highest BCUT2D eigenvalue weighted by molar-refractivity contribution is 6.03. The fourth-order valence-electron chi connectivity index (χ4n) is 3.13. The molecule has 1 aromatic carbocycles. The van der Waals surface area contributed by atoms with E-state index in [0.717, 1.165) is 25.2 Å². The lowest BCUT2D eigenvalue weighted by atomic mass is 10.0. The largest absolute Gasteiger partial charge is 0.462 e. The van der Waals surface area contributed by atoms with E-state index in [0.29, 0.717) is 6.61 Å². The molecule has 0 spiro atoms. The third kappa shape index (κ3) is 11.1. The van der Waals surface area contributed by atoms with Crippen LogP contribution < -0.4 is 0 Å². The maximum Gasteiger partial charge on any atom is 0.339 e. The van der Waals surface area contributed by atoms with Crippen molar-refractivity contribution < 1.29 is 19.1 Å². The molecule has 1 aromatic rings. The van der Waals surface area contributed by atoms with Gasteiger partial charge in [-0.2, -0.15) is 0 Å². The number of esters is 2. The third-order valence-electron chi connectivity index (χ3n) is 5.16. The lowest BCUT2D eigenvalue weighted by molar-refractivity contribution is 0.0321. The molecule has 4 heteroatoms. The van der Waals surface area contributed by atoms with Crippen LogP contribution in [0.15, 0.2) is 24.3 Å². The van der Waals surface area contributed by atoms with Gasteiger partial charge in [0.2, 0.25) is 0 Å². The second-order valence-electron chi connectivity index (χ2n) is 8.32. The van der Waals surface area contributed by atoms with E-state index in [1.807, 2.05) is 13.8 Å². The summed E-state index contributed by atoms with van der Waals surface area (Å²) in [6, 6.07) is 6.70. The van der Waals surface area contributed by atoms with Crippen molar-refractivity contribution in [3.8, 4) is 0 Å². The summed E-state index contributed by atoms with van der Waals surface area (Å²) in [6.07, 6.45) is 11.6. The van der Waals surface area contributed by atoms with Crippen molar-refractivity contribution in [2.24, 2.45) is 5.92 Å². The van der Waals surface area contributed by atoms with Gasteiger partial charge in [0.1, 0.15) is 0 Å². The van der Waals surface area contributed by atoms with Gasteiger partial charge >= 0.3 is 11.9 Å². The van der Waals surface area contributed by atoms with E-state index in [9.17, 15) is 9.59 Å². The molecule has 0 bridgehead atoms. The van der Waals surface area contributed by atoms with Crippen molar-refractivity contribution in [2.75, 3.05) is 6.61 Å². The van der Waals surface area contributed by atoms with Crippen LogP contribution in [0, 0.1) is 5.92 Å². The Morgan fingerprint density at radius 1 is 0.793 bits per heavy atom. The van der Waals surface area contributed by atoms with Crippen LogP contribution in [-0.2, 0) is 9.47 Å². The molecule has 0 fully saturated rings. The number of carbonyl (C=O) groups excluding carboxylic acids is 2. The fraction of sp³-hybridized carbons (Fsp3) is 0.680. The summed E-state index contributed by atoms with van der Waals surface area (Å²) in [7, 11) is 0. The van der Waals surface area contributed by atoms with Crippen LogP contribution in [0.4, 0.5) is 0 Å². The van der Waals surface area contributed by atoms with Crippen molar-refractivity contribution in [2.45, 2.75) is 98.0 Å². The Morgan fingerprint density at radius 3 is 1.86 bits per heavy atom. The molecule has 0 radical (unpaired) electrons. The first-order chi connectivity index (χ1) is 14.0. The molecule has 0 aliphatic carbocycles. The predicted molar refractivity (Wildman–Crippen MR) is 118 cm³/mol. The topological polar surface area (TPSA) is 52.6 Å². The molecule has 1 rings (SSSR count). The lowest BCUT2D eigenvalue weighted by Gasteiger charge is -2.13. The summed E-state index contributed by atoms with van der Waals surface area (Å²) in [5, 5.41) is 0. The van der Waals surface area contributed by atoms with E-state index in [2.05, 4.69) is 13.8 Å². The summed E-state index contributed by atoms with van der Waals surface area (Å²) in [5.74, 6) is -0.109. The third-order valence-corrected chi connectivity index (χ3v) is 5.16. The van der Waals surface area contributed by atoms with E-state index in [4.69, 9.17) is 9.47 Å². The monoisotopic (exact) mass is 404 g/mol. The van der Waals surface area contributed by atoms with Gasteiger partial charge in [-0.25, -0.2) is 9.59 Å². The number of hydrogen-bond donors (Lipinski definition) is 0. The van der Waals surface area contributed by atoms with E-state index in [1.54, 1.807) is 24.3 Å². The average Bonchev–Trinajstić information content (AvgIpc) is 2.71. The Morgan fingerprint density at radius 2 is 1.31 bits per heavy atom. The minimum absolute atomic E-state index is 0.179. The molecule has 0 aromatic heterocycles. The molecule has 0 heterocycles. The first kappa shape index (κ1) is 25.2.